The molecule has 2 amide bonds. The van der Waals surface area contributed by atoms with Crippen LogP contribution in [0.2, 0.25) is 0 Å². The van der Waals surface area contributed by atoms with E-state index >= 15 is 0 Å². The van der Waals surface area contributed by atoms with Crippen molar-refractivity contribution in [3.63, 3.8) is 0 Å². The van der Waals surface area contributed by atoms with E-state index in [0.717, 1.165) is 52.0 Å². The van der Waals surface area contributed by atoms with Gasteiger partial charge < -0.3 is 19.5 Å². The lowest BCUT2D eigenvalue weighted by molar-refractivity contribution is 0.199. The summed E-state index contributed by atoms with van der Waals surface area (Å²) in [5, 5.41) is 3.04. The highest BCUT2D eigenvalue weighted by Crippen LogP contribution is 2.35. The van der Waals surface area contributed by atoms with Crippen molar-refractivity contribution in [2.24, 2.45) is 0 Å². The van der Waals surface area contributed by atoms with Gasteiger partial charge in [-0.25, -0.2) is 9.78 Å². The quantitative estimate of drug-likeness (QED) is 0.408. The number of fused-ring (bicyclic) bond motifs is 1. The average molecular weight is 441 g/mol. The summed E-state index contributed by atoms with van der Waals surface area (Å²) in [7, 11) is 4.07. The molecule has 0 aliphatic carbocycles. The summed E-state index contributed by atoms with van der Waals surface area (Å²) in [6, 6.07) is 22.1. The van der Waals surface area contributed by atoms with Crippen LogP contribution in [0.1, 0.15) is 30.3 Å². The molecule has 1 atom stereocenters. The number of hydrogen-bond donors (Lipinski definition) is 1. The highest BCUT2D eigenvalue weighted by molar-refractivity contribution is 5.90. The van der Waals surface area contributed by atoms with E-state index in [0.29, 0.717) is 12.4 Å². The normalized spacial score (nSPS) is 15.7. The number of rotatable bonds is 4. The number of para-hydroxylation sites is 1. The third-order valence-corrected chi connectivity index (χ3v) is 6.31. The van der Waals surface area contributed by atoms with Gasteiger partial charge in [-0.2, -0.15) is 0 Å². The number of nitrogens with zero attached hydrogens (tertiary/aromatic N) is 3. The molecule has 1 fully saturated rings. The molecule has 0 bridgehead atoms. The Balaban J connectivity index is 1.39. The van der Waals surface area contributed by atoms with Crippen molar-refractivity contribution >= 4 is 28.5 Å². The largest absolute Gasteiger partial charge is 0.438 e. The molecule has 1 aliphatic rings. The van der Waals surface area contributed by atoms with Crippen molar-refractivity contribution in [2.45, 2.75) is 25.8 Å². The number of carbonyl (C=O) groups is 1. The molecule has 1 saturated heterocycles. The number of anilines is 2. The molecule has 5 rings (SSSR count). The number of urea groups is 1. The molecule has 0 spiro atoms. The zero-order valence-corrected chi connectivity index (χ0v) is 19.2. The van der Waals surface area contributed by atoms with Crippen LogP contribution in [0, 0.1) is 6.92 Å². The first-order chi connectivity index (χ1) is 16.0. The van der Waals surface area contributed by atoms with Gasteiger partial charge in [0, 0.05) is 32.0 Å². The molecule has 33 heavy (non-hydrogen) atoms. The molecule has 6 nitrogen and oxygen atoms in total. The number of benzene rings is 3. The maximum atomic E-state index is 13.0. The maximum absolute atomic E-state index is 13.0. The lowest BCUT2D eigenvalue weighted by Gasteiger charge is -2.23. The molecule has 1 aliphatic heterocycles. The lowest BCUT2D eigenvalue weighted by Crippen LogP contribution is -2.34. The van der Waals surface area contributed by atoms with E-state index in [9.17, 15) is 4.79 Å². The summed E-state index contributed by atoms with van der Waals surface area (Å²) in [4.78, 5) is 21.7. The molecule has 1 N–H and O–H groups in total. The summed E-state index contributed by atoms with van der Waals surface area (Å²) in [5.74, 6) is 0.600. The SMILES string of the molecule is Cc1ccccc1NC(=O)N1CCC[C@H]1c1nc2cc(-c3ccc(N(C)C)cc3)ccc2o1. The standard InChI is InChI=1S/C27H28N4O2/c1-18-7-4-5-8-22(18)29-27(32)31-16-6-9-24(31)26-28-23-17-20(12-15-25(23)33-26)19-10-13-21(14-11-19)30(2)3/h4-5,7-8,10-15,17,24H,6,9,16H2,1-3H3,(H,29,32)/t24-/m0/s1. The predicted octanol–water partition coefficient (Wildman–Crippen LogP) is 6.24. The molecule has 1 aromatic heterocycles. The first-order valence-electron chi connectivity index (χ1n) is 11.3. The Morgan fingerprint density at radius 1 is 1.06 bits per heavy atom. The van der Waals surface area contributed by atoms with Gasteiger partial charge in [-0.3, -0.25) is 0 Å². The molecule has 6 heteroatoms. The number of aryl methyl sites for hydroxylation is 1. The summed E-state index contributed by atoms with van der Waals surface area (Å²) in [5.41, 5.74) is 6.80. The number of carbonyl (C=O) groups excluding carboxylic acids is 1. The van der Waals surface area contributed by atoms with Crippen molar-refractivity contribution in [2.75, 3.05) is 30.9 Å². The Hall–Kier alpha value is -3.80. The summed E-state index contributed by atoms with van der Waals surface area (Å²) >= 11 is 0. The summed E-state index contributed by atoms with van der Waals surface area (Å²) in [6.45, 7) is 2.67. The Labute approximate surface area is 193 Å². The maximum Gasteiger partial charge on any atom is 0.322 e. The van der Waals surface area contributed by atoms with E-state index in [4.69, 9.17) is 9.40 Å². The second kappa shape index (κ2) is 8.62. The first kappa shape index (κ1) is 21.1. The Kier molecular flexibility index (Phi) is 5.50. The van der Waals surface area contributed by atoms with Gasteiger partial charge >= 0.3 is 6.03 Å². The van der Waals surface area contributed by atoms with Crippen molar-refractivity contribution in [3.8, 4) is 11.1 Å². The van der Waals surface area contributed by atoms with E-state index in [2.05, 4.69) is 46.6 Å². The summed E-state index contributed by atoms with van der Waals surface area (Å²) < 4.78 is 6.11. The fourth-order valence-electron chi connectivity index (χ4n) is 4.39. The van der Waals surface area contributed by atoms with Gasteiger partial charge in [0.1, 0.15) is 11.6 Å². The van der Waals surface area contributed by atoms with Gasteiger partial charge in [-0.1, -0.05) is 36.4 Å². The number of amides is 2. The van der Waals surface area contributed by atoms with Crippen LogP contribution in [0.5, 0.6) is 0 Å². The number of nitrogens with one attached hydrogen (secondary N) is 1. The minimum Gasteiger partial charge on any atom is -0.438 e. The zero-order chi connectivity index (χ0) is 22.9. The van der Waals surface area contributed by atoms with Gasteiger partial charge in [0.2, 0.25) is 5.89 Å². The highest BCUT2D eigenvalue weighted by Gasteiger charge is 2.33. The van der Waals surface area contributed by atoms with Crippen LogP contribution in [0.3, 0.4) is 0 Å². The van der Waals surface area contributed by atoms with Gasteiger partial charge in [-0.15, -0.1) is 0 Å². The van der Waals surface area contributed by atoms with Crippen LogP contribution in [0.4, 0.5) is 16.2 Å². The van der Waals surface area contributed by atoms with E-state index in [1.165, 1.54) is 0 Å². The van der Waals surface area contributed by atoms with Crippen LogP contribution in [0.15, 0.2) is 71.1 Å². The van der Waals surface area contributed by atoms with Crippen molar-refractivity contribution < 1.29 is 9.21 Å². The Morgan fingerprint density at radius 3 is 2.58 bits per heavy atom. The minimum atomic E-state index is -0.163. The van der Waals surface area contributed by atoms with Gasteiger partial charge in [0.25, 0.3) is 0 Å². The molecular weight excluding hydrogens is 412 g/mol. The second-order valence-electron chi connectivity index (χ2n) is 8.77. The number of likely N-dealkylation sites (tertiary alicyclic amines) is 1. The van der Waals surface area contributed by atoms with Crippen LogP contribution in [0.25, 0.3) is 22.2 Å². The first-order valence-corrected chi connectivity index (χ1v) is 11.3. The molecule has 0 saturated carbocycles. The fraction of sp³-hybridized carbons (Fsp3) is 0.259. The van der Waals surface area contributed by atoms with Crippen molar-refractivity contribution in [3.05, 3.63) is 78.2 Å². The van der Waals surface area contributed by atoms with Gasteiger partial charge in [-0.05, 0) is 66.8 Å². The highest BCUT2D eigenvalue weighted by atomic mass is 16.4. The molecule has 2 heterocycles. The van der Waals surface area contributed by atoms with Crippen LogP contribution >= 0.6 is 0 Å². The molecule has 0 radical (unpaired) electrons. The monoisotopic (exact) mass is 440 g/mol. The van der Waals surface area contributed by atoms with Gasteiger partial charge in [0.15, 0.2) is 5.58 Å². The topological polar surface area (TPSA) is 61.6 Å². The average Bonchev–Trinajstić information content (AvgIpc) is 3.47. The molecular formula is C27H28N4O2. The third-order valence-electron chi connectivity index (χ3n) is 6.31. The van der Waals surface area contributed by atoms with Crippen LogP contribution < -0.4 is 10.2 Å². The fourth-order valence-corrected chi connectivity index (χ4v) is 4.39. The molecule has 0 unspecified atom stereocenters. The summed E-state index contributed by atoms with van der Waals surface area (Å²) in [6.07, 6.45) is 1.76. The van der Waals surface area contributed by atoms with Crippen molar-refractivity contribution in [1.29, 1.82) is 0 Å². The Bertz CT molecular complexity index is 1290. The Morgan fingerprint density at radius 2 is 1.82 bits per heavy atom. The van der Waals surface area contributed by atoms with E-state index in [1.807, 2.05) is 56.3 Å². The third kappa shape index (κ3) is 4.16. The predicted molar refractivity (Wildman–Crippen MR) is 133 cm³/mol. The number of hydrogen-bond acceptors (Lipinski definition) is 4. The number of oxazole rings is 1. The molecule has 3 aromatic carbocycles. The van der Waals surface area contributed by atoms with E-state index in [1.54, 1.807) is 0 Å². The van der Waals surface area contributed by atoms with Crippen molar-refractivity contribution in [1.82, 2.24) is 9.88 Å². The lowest BCUT2D eigenvalue weighted by atomic mass is 10.0. The van der Waals surface area contributed by atoms with Gasteiger partial charge in [0.05, 0.1) is 0 Å². The van der Waals surface area contributed by atoms with Crippen LogP contribution in [-0.2, 0) is 0 Å². The second-order valence-corrected chi connectivity index (χ2v) is 8.77. The van der Waals surface area contributed by atoms with E-state index in [-0.39, 0.29) is 12.1 Å². The minimum absolute atomic E-state index is 0.115. The van der Waals surface area contributed by atoms with Crippen LogP contribution in [-0.4, -0.2) is 36.6 Å². The molecule has 168 valence electrons. The zero-order valence-electron chi connectivity index (χ0n) is 19.2. The number of aromatic nitrogens is 1. The smallest absolute Gasteiger partial charge is 0.322 e. The van der Waals surface area contributed by atoms with E-state index < -0.39 is 0 Å². The molecule has 4 aromatic rings.